The van der Waals surface area contributed by atoms with Gasteiger partial charge in [-0.25, -0.2) is 5.84 Å². The Hall–Kier alpha value is -0.810. The van der Waals surface area contributed by atoms with Crippen molar-refractivity contribution in [1.82, 2.24) is 10.7 Å². The van der Waals surface area contributed by atoms with Gasteiger partial charge in [0.25, 0.3) is 0 Å². The maximum atomic E-state index is 5.12. The molecule has 0 bridgehead atoms. The van der Waals surface area contributed by atoms with Gasteiger partial charge >= 0.3 is 0 Å². The Labute approximate surface area is 67.0 Å². The van der Waals surface area contributed by atoms with E-state index < -0.39 is 0 Å². The third-order valence-corrected chi connectivity index (χ3v) is 1.18. The molecule has 0 heterocycles. The van der Waals surface area contributed by atoms with E-state index in [0.29, 0.717) is 5.96 Å². The second-order valence-corrected chi connectivity index (χ2v) is 1.99. The van der Waals surface area contributed by atoms with Crippen molar-refractivity contribution in [3.05, 3.63) is 0 Å². The van der Waals surface area contributed by atoms with Crippen LogP contribution in [-0.4, -0.2) is 33.3 Å². The van der Waals surface area contributed by atoms with Gasteiger partial charge in [-0.3, -0.25) is 10.4 Å². The van der Waals surface area contributed by atoms with Crippen LogP contribution in [0.5, 0.6) is 0 Å². The zero-order valence-electron chi connectivity index (χ0n) is 7.05. The summed E-state index contributed by atoms with van der Waals surface area (Å²) in [5.41, 5.74) is 2.43. The Bertz CT molecular complexity index is 115. The van der Waals surface area contributed by atoms with E-state index in [1.807, 2.05) is 0 Å². The van der Waals surface area contributed by atoms with Crippen LogP contribution in [0.1, 0.15) is 6.42 Å². The molecule has 0 unspecified atom stereocenters. The summed E-state index contributed by atoms with van der Waals surface area (Å²) >= 11 is 0. The van der Waals surface area contributed by atoms with Crippen molar-refractivity contribution in [3.8, 4) is 0 Å². The molecule has 0 saturated carbocycles. The molecule has 0 aromatic carbocycles. The van der Waals surface area contributed by atoms with Crippen molar-refractivity contribution in [3.63, 3.8) is 0 Å². The number of hydrogen-bond donors (Lipinski definition) is 3. The number of nitrogens with two attached hydrogens (primary N) is 1. The van der Waals surface area contributed by atoms with Crippen molar-refractivity contribution in [1.29, 1.82) is 0 Å². The molecule has 0 radical (unpaired) electrons. The van der Waals surface area contributed by atoms with Gasteiger partial charge in [-0.2, -0.15) is 0 Å². The number of rotatable bonds is 4. The molecule has 0 aromatic heterocycles. The molecule has 0 amide bonds. The van der Waals surface area contributed by atoms with Gasteiger partial charge in [0.1, 0.15) is 0 Å². The fraction of sp³-hybridized carbons (Fsp3) is 0.833. The second-order valence-electron chi connectivity index (χ2n) is 1.99. The average molecular weight is 160 g/mol. The van der Waals surface area contributed by atoms with E-state index in [0.717, 1.165) is 19.6 Å². The molecule has 0 atom stereocenters. The Balaban J connectivity index is 3.22. The standard InChI is InChI=1S/C6H16N4O/c1-8-6(10-7)9-4-3-5-11-2/h3-5,7H2,1-2H3,(H2,8,9,10). The molecule has 0 fully saturated rings. The first-order valence-corrected chi connectivity index (χ1v) is 3.51. The maximum absolute atomic E-state index is 5.12. The molecule has 0 aliphatic carbocycles. The first-order valence-electron chi connectivity index (χ1n) is 3.51. The minimum atomic E-state index is 0.598. The lowest BCUT2D eigenvalue weighted by Crippen LogP contribution is -2.41. The highest BCUT2D eigenvalue weighted by atomic mass is 16.5. The molecule has 5 heteroatoms. The Morgan fingerprint density at radius 2 is 2.36 bits per heavy atom. The van der Waals surface area contributed by atoms with Crippen LogP contribution in [0.3, 0.4) is 0 Å². The van der Waals surface area contributed by atoms with Crippen molar-refractivity contribution in [2.75, 3.05) is 27.3 Å². The summed E-state index contributed by atoms with van der Waals surface area (Å²) in [5, 5.41) is 2.99. The van der Waals surface area contributed by atoms with E-state index in [1.54, 1.807) is 14.2 Å². The molecule has 0 aliphatic rings. The highest BCUT2D eigenvalue weighted by Crippen LogP contribution is 1.76. The number of nitrogens with zero attached hydrogens (tertiary/aromatic N) is 1. The zero-order valence-corrected chi connectivity index (χ0v) is 7.05. The highest BCUT2D eigenvalue weighted by molar-refractivity contribution is 5.78. The normalized spacial score (nSPS) is 11.4. The fourth-order valence-electron chi connectivity index (χ4n) is 0.618. The number of ether oxygens (including phenoxy) is 1. The summed E-state index contributed by atoms with van der Waals surface area (Å²) < 4.78 is 4.86. The Morgan fingerprint density at radius 3 is 2.82 bits per heavy atom. The number of aliphatic imine (C=N–C) groups is 1. The predicted octanol–water partition coefficient (Wildman–Crippen LogP) is -0.938. The van der Waals surface area contributed by atoms with E-state index >= 15 is 0 Å². The highest BCUT2D eigenvalue weighted by Gasteiger charge is 1.90. The summed E-state index contributed by atoms with van der Waals surface area (Å²) in [4.78, 5) is 3.83. The molecule has 4 N–H and O–H groups in total. The summed E-state index contributed by atoms with van der Waals surface area (Å²) in [6, 6.07) is 0. The average Bonchev–Trinajstić information content (AvgIpc) is 2.05. The van der Waals surface area contributed by atoms with Crippen LogP contribution < -0.4 is 16.6 Å². The minimum absolute atomic E-state index is 0.598. The van der Waals surface area contributed by atoms with Crippen LogP contribution in [0.4, 0.5) is 0 Å². The van der Waals surface area contributed by atoms with Crippen LogP contribution >= 0.6 is 0 Å². The molecule has 11 heavy (non-hydrogen) atoms. The molecule has 0 saturated heterocycles. The molecular weight excluding hydrogens is 144 g/mol. The van der Waals surface area contributed by atoms with Gasteiger partial charge in [-0.05, 0) is 6.42 Å². The van der Waals surface area contributed by atoms with Crippen LogP contribution in [0, 0.1) is 0 Å². The quantitative estimate of drug-likeness (QED) is 0.163. The summed E-state index contributed by atoms with van der Waals surface area (Å²) in [6.07, 6.45) is 0.942. The zero-order chi connectivity index (χ0) is 8.53. The number of methoxy groups -OCH3 is 1. The van der Waals surface area contributed by atoms with E-state index in [9.17, 15) is 0 Å². The third-order valence-electron chi connectivity index (χ3n) is 1.18. The first kappa shape index (κ1) is 10.2. The van der Waals surface area contributed by atoms with Crippen LogP contribution in [0.25, 0.3) is 0 Å². The predicted molar refractivity (Wildman–Crippen MR) is 45.2 cm³/mol. The van der Waals surface area contributed by atoms with Gasteiger partial charge in [0, 0.05) is 27.3 Å². The lowest BCUT2D eigenvalue weighted by Gasteiger charge is -2.06. The van der Waals surface area contributed by atoms with Crippen molar-refractivity contribution in [2.45, 2.75) is 6.42 Å². The van der Waals surface area contributed by atoms with Crippen LogP contribution in [-0.2, 0) is 4.74 Å². The van der Waals surface area contributed by atoms with Gasteiger partial charge < -0.3 is 10.1 Å². The van der Waals surface area contributed by atoms with E-state index in [1.165, 1.54) is 0 Å². The van der Waals surface area contributed by atoms with Crippen molar-refractivity contribution >= 4 is 5.96 Å². The van der Waals surface area contributed by atoms with Gasteiger partial charge in [-0.1, -0.05) is 0 Å². The molecule has 5 nitrogen and oxygen atoms in total. The molecule has 0 aliphatic heterocycles. The minimum Gasteiger partial charge on any atom is -0.385 e. The fourth-order valence-corrected chi connectivity index (χ4v) is 0.618. The Kier molecular flexibility index (Phi) is 6.76. The lowest BCUT2D eigenvalue weighted by molar-refractivity contribution is 0.195. The van der Waals surface area contributed by atoms with E-state index in [2.05, 4.69) is 15.7 Å². The van der Waals surface area contributed by atoms with Crippen LogP contribution in [0.2, 0.25) is 0 Å². The topological polar surface area (TPSA) is 71.7 Å². The number of hydrazine groups is 1. The smallest absolute Gasteiger partial charge is 0.205 e. The van der Waals surface area contributed by atoms with Crippen LogP contribution in [0.15, 0.2) is 4.99 Å². The number of hydrogen-bond acceptors (Lipinski definition) is 3. The Morgan fingerprint density at radius 1 is 1.64 bits per heavy atom. The summed E-state index contributed by atoms with van der Waals surface area (Å²) in [6.45, 7) is 1.55. The summed E-state index contributed by atoms with van der Waals surface area (Å²) in [5.74, 6) is 5.72. The van der Waals surface area contributed by atoms with E-state index in [-0.39, 0.29) is 0 Å². The van der Waals surface area contributed by atoms with Gasteiger partial charge in [0.15, 0.2) is 0 Å². The first-order chi connectivity index (χ1) is 5.35. The molecule has 66 valence electrons. The number of nitrogens with one attached hydrogen (secondary N) is 2. The van der Waals surface area contributed by atoms with Crippen molar-refractivity contribution in [2.24, 2.45) is 10.8 Å². The molecular formula is C6H16N4O. The monoisotopic (exact) mass is 160 g/mol. The maximum Gasteiger partial charge on any atom is 0.205 e. The van der Waals surface area contributed by atoms with E-state index in [4.69, 9.17) is 10.6 Å². The van der Waals surface area contributed by atoms with Gasteiger partial charge in [0.05, 0.1) is 0 Å². The second kappa shape index (κ2) is 7.30. The third kappa shape index (κ3) is 5.63. The largest absolute Gasteiger partial charge is 0.385 e. The van der Waals surface area contributed by atoms with Gasteiger partial charge in [0.2, 0.25) is 5.96 Å². The van der Waals surface area contributed by atoms with Crippen molar-refractivity contribution < 1.29 is 4.74 Å². The number of guanidine groups is 1. The molecule has 0 spiro atoms. The molecule has 0 aromatic rings. The molecule has 0 rings (SSSR count). The SMILES string of the molecule is CN=C(NN)NCCCOC. The summed E-state index contributed by atoms with van der Waals surface area (Å²) in [7, 11) is 3.34. The lowest BCUT2D eigenvalue weighted by atomic mass is 10.4. The van der Waals surface area contributed by atoms with Gasteiger partial charge in [-0.15, -0.1) is 0 Å².